The van der Waals surface area contributed by atoms with Crippen LogP contribution in [0.1, 0.15) is 49.4 Å². The number of hydrogen-bond donors (Lipinski definition) is 0. The van der Waals surface area contributed by atoms with Crippen LogP contribution >= 0.6 is 59.1 Å². The summed E-state index contributed by atoms with van der Waals surface area (Å²) >= 11 is 13.0. The molecule has 16 heavy (non-hydrogen) atoms. The number of alkyl halides is 1. The minimum absolute atomic E-state index is 0.475. The Morgan fingerprint density at radius 3 is 2.44 bits per heavy atom. The van der Waals surface area contributed by atoms with E-state index in [1.807, 2.05) is 0 Å². The summed E-state index contributed by atoms with van der Waals surface area (Å²) in [5.74, 6) is 0. The molecule has 90 valence electrons. The first-order valence-electron chi connectivity index (χ1n) is 5.68. The lowest BCUT2D eigenvalue weighted by Crippen LogP contribution is -2.21. The number of halogens is 3. The van der Waals surface area contributed by atoms with Crippen molar-refractivity contribution in [3.63, 3.8) is 0 Å². The number of hydrogen-bond acceptors (Lipinski definition) is 1. The first-order chi connectivity index (χ1) is 7.59. The molecular weight excluding hydrogens is 416 g/mol. The van der Waals surface area contributed by atoms with Gasteiger partial charge >= 0.3 is 0 Å². The van der Waals surface area contributed by atoms with Gasteiger partial charge in [0.1, 0.15) is 0 Å². The van der Waals surface area contributed by atoms with E-state index in [-0.39, 0.29) is 0 Å². The summed E-state index contributed by atoms with van der Waals surface area (Å²) in [6.07, 6.45) is 6.76. The Hall–Kier alpha value is 1.14. The monoisotopic (exact) mass is 428 g/mol. The Morgan fingerprint density at radius 2 is 2.00 bits per heavy atom. The summed E-state index contributed by atoms with van der Waals surface area (Å²) in [6, 6.07) is 2.25. The number of rotatable bonds is 3. The highest BCUT2D eigenvalue weighted by Crippen LogP contribution is 2.56. The summed E-state index contributed by atoms with van der Waals surface area (Å²) in [4.78, 5) is 0.490. The van der Waals surface area contributed by atoms with Crippen LogP contribution in [0, 0.1) is 5.41 Å². The van der Waals surface area contributed by atoms with Crippen molar-refractivity contribution in [3.8, 4) is 0 Å². The Bertz CT molecular complexity index is 366. The van der Waals surface area contributed by atoms with Crippen LogP contribution in [0.2, 0.25) is 0 Å². The Balaban J connectivity index is 2.29. The fourth-order valence-corrected chi connectivity index (χ4v) is 7.22. The topological polar surface area (TPSA) is 0 Å². The lowest BCUT2D eigenvalue weighted by atomic mass is 9.78. The normalized spacial score (nSPS) is 21.2. The lowest BCUT2D eigenvalue weighted by Gasteiger charge is -2.33. The van der Waals surface area contributed by atoms with Crippen LogP contribution < -0.4 is 0 Å². The van der Waals surface area contributed by atoms with Crippen LogP contribution in [0.15, 0.2) is 13.6 Å². The largest absolute Gasteiger partial charge is 0.121 e. The molecule has 0 aliphatic heterocycles. The van der Waals surface area contributed by atoms with Crippen molar-refractivity contribution in [3.05, 3.63) is 19.2 Å². The van der Waals surface area contributed by atoms with Gasteiger partial charge < -0.3 is 0 Å². The Morgan fingerprint density at radius 1 is 1.38 bits per heavy atom. The molecule has 1 unspecified atom stereocenters. The molecule has 4 heteroatoms. The third kappa shape index (κ3) is 2.45. The third-order valence-corrected chi connectivity index (χ3v) is 7.65. The van der Waals surface area contributed by atoms with Crippen molar-refractivity contribution in [2.24, 2.45) is 5.41 Å². The molecule has 0 radical (unpaired) electrons. The fourth-order valence-electron chi connectivity index (χ4n) is 2.72. The molecule has 1 fully saturated rings. The van der Waals surface area contributed by atoms with E-state index in [0.717, 1.165) is 0 Å². The molecule has 1 saturated carbocycles. The highest BCUT2D eigenvalue weighted by Gasteiger charge is 2.40. The molecule has 0 spiro atoms. The van der Waals surface area contributed by atoms with Gasteiger partial charge in [-0.1, -0.05) is 35.7 Å². The molecule has 0 amide bonds. The number of thiophene rings is 1. The van der Waals surface area contributed by atoms with Crippen LogP contribution in [0.25, 0.3) is 0 Å². The SMILES string of the molecule is CCC1(C(Br)c2cc(Br)sc2Br)CCCC1. The third-order valence-electron chi connectivity index (χ3n) is 3.80. The highest BCUT2D eigenvalue weighted by molar-refractivity contribution is 9.12. The predicted molar refractivity (Wildman–Crippen MR) is 82.6 cm³/mol. The van der Waals surface area contributed by atoms with E-state index >= 15 is 0 Å². The molecule has 1 heterocycles. The van der Waals surface area contributed by atoms with Gasteiger partial charge in [-0.3, -0.25) is 0 Å². The molecular formula is C12H15Br3S. The molecule has 1 atom stereocenters. The molecule has 1 aliphatic rings. The van der Waals surface area contributed by atoms with Gasteiger partial charge in [0.15, 0.2) is 0 Å². The van der Waals surface area contributed by atoms with Crippen LogP contribution in [-0.4, -0.2) is 0 Å². The van der Waals surface area contributed by atoms with Crippen molar-refractivity contribution < 1.29 is 0 Å². The van der Waals surface area contributed by atoms with Crippen LogP contribution in [0.3, 0.4) is 0 Å². The summed E-state index contributed by atoms with van der Waals surface area (Å²) in [6.45, 7) is 2.33. The second-order valence-electron chi connectivity index (χ2n) is 4.57. The zero-order chi connectivity index (χ0) is 11.8. The van der Waals surface area contributed by atoms with Crippen molar-refractivity contribution in [2.45, 2.75) is 43.9 Å². The van der Waals surface area contributed by atoms with E-state index in [2.05, 4.69) is 60.8 Å². The van der Waals surface area contributed by atoms with Gasteiger partial charge in [-0.05, 0) is 68.2 Å². The smallest absolute Gasteiger partial charge is 0.0754 e. The van der Waals surface area contributed by atoms with Crippen molar-refractivity contribution in [1.82, 2.24) is 0 Å². The first-order valence-corrected chi connectivity index (χ1v) is 9.00. The molecule has 0 bridgehead atoms. The van der Waals surface area contributed by atoms with Gasteiger partial charge in [0.05, 0.1) is 7.57 Å². The Kier molecular flexibility index (Phi) is 4.59. The van der Waals surface area contributed by atoms with Crippen molar-refractivity contribution in [1.29, 1.82) is 0 Å². The van der Waals surface area contributed by atoms with Gasteiger partial charge in [0.2, 0.25) is 0 Å². The summed E-state index contributed by atoms with van der Waals surface area (Å²) in [7, 11) is 0. The van der Waals surface area contributed by atoms with Crippen LogP contribution in [0.4, 0.5) is 0 Å². The fraction of sp³-hybridized carbons (Fsp3) is 0.667. The summed E-state index contributed by atoms with van der Waals surface area (Å²) in [5, 5.41) is 0. The molecule has 0 saturated heterocycles. The molecule has 2 rings (SSSR count). The average molecular weight is 431 g/mol. The van der Waals surface area contributed by atoms with Crippen molar-refractivity contribution >= 4 is 59.1 Å². The zero-order valence-corrected chi connectivity index (χ0v) is 14.8. The zero-order valence-electron chi connectivity index (χ0n) is 9.23. The lowest BCUT2D eigenvalue weighted by molar-refractivity contribution is 0.279. The van der Waals surface area contributed by atoms with E-state index in [1.54, 1.807) is 11.3 Å². The maximum atomic E-state index is 3.95. The summed E-state index contributed by atoms with van der Waals surface area (Å²) in [5.41, 5.74) is 1.89. The molecule has 1 aliphatic carbocycles. The minimum Gasteiger partial charge on any atom is -0.121 e. The van der Waals surface area contributed by atoms with E-state index in [9.17, 15) is 0 Å². The minimum atomic E-state index is 0.475. The molecule has 0 N–H and O–H groups in total. The van der Waals surface area contributed by atoms with Crippen LogP contribution in [-0.2, 0) is 0 Å². The molecule has 1 aromatic rings. The second-order valence-corrected chi connectivity index (χ2v) is 9.23. The van der Waals surface area contributed by atoms with Gasteiger partial charge in [0, 0.05) is 4.83 Å². The van der Waals surface area contributed by atoms with E-state index in [1.165, 1.54) is 45.2 Å². The average Bonchev–Trinajstić information content (AvgIpc) is 2.85. The predicted octanol–water partition coefficient (Wildman–Crippen LogP) is 6.68. The first kappa shape index (κ1) is 13.6. The summed E-state index contributed by atoms with van der Waals surface area (Å²) < 4.78 is 2.48. The molecule has 0 nitrogen and oxygen atoms in total. The molecule has 0 aromatic carbocycles. The quantitative estimate of drug-likeness (QED) is 0.469. The van der Waals surface area contributed by atoms with E-state index in [4.69, 9.17) is 0 Å². The van der Waals surface area contributed by atoms with E-state index in [0.29, 0.717) is 10.2 Å². The van der Waals surface area contributed by atoms with Crippen molar-refractivity contribution in [2.75, 3.05) is 0 Å². The molecule has 1 aromatic heterocycles. The second kappa shape index (κ2) is 5.41. The van der Waals surface area contributed by atoms with Gasteiger partial charge in [-0.25, -0.2) is 0 Å². The van der Waals surface area contributed by atoms with Gasteiger partial charge in [-0.15, -0.1) is 11.3 Å². The van der Waals surface area contributed by atoms with E-state index < -0.39 is 0 Å². The Labute approximate surface area is 127 Å². The van der Waals surface area contributed by atoms with Gasteiger partial charge in [0.25, 0.3) is 0 Å². The standard InChI is InChI=1S/C12H15Br3S/c1-2-12(5-3-4-6-12)10(14)8-7-9(13)16-11(8)15/h7,10H,2-6H2,1H3. The van der Waals surface area contributed by atoms with Gasteiger partial charge in [-0.2, -0.15) is 0 Å². The maximum Gasteiger partial charge on any atom is 0.0754 e. The highest BCUT2D eigenvalue weighted by atomic mass is 79.9. The van der Waals surface area contributed by atoms with Crippen LogP contribution in [0.5, 0.6) is 0 Å². The maximum absolute atomic E-state index is 3.95.